The van der Waals surface area contributed by atoms with Crippen LogP contribution in [0.2, 0.25) is 0 Å². The molecule has 0 aliphatic carbocycles. The van der Waals surface area contributed by atoms with E-state index in [2.05, 4.69) is 0 Å². The third-order valence-corrected chi connectivity index (χ3v) is 11.2. The highest BCUT2D eigenvalue weighted by Crippen LogP contribution is 2.34. The molecule has 14 N–H and O–H groups in total. The predicted octanol–water partition coefficient (Wildman–Crippen LogP) is 4.66. The van der Waals surface area contributed by atoms with Crippen LogP contribution in [0.3, 0.4) is 0 Å². The maximum Gasteiger partial charge on any atom is 0.339 e. The molecule has 0 fully saturated rings. The minimum absolute atomic E-state index is 0.246. The maximum atomic E-state index is 12.7. The van der Waals surface area contributed by atoms with E-state index in [1.54, 1.807) is 27.7 Å². The first-order valence-corrected chi connectivity index (χ1v) is 24.6. The van der Waals surface area contributed by atoms with Crippen molar-refractivity contribution in [1.82, 2.24) is 0 Å². The first-order valence-electron chi connectivity index (χ1n) is 24.6. The molecule has 88 heavy (non-hydrogen) atoms. The zero-order valence-corrected chi connectivity index (χ0v) is 45.7. The monoisotopic (exact) mass is 1250 g/mol. The van der Waals surface area contributed by atoms with Gasteiger partial charge in [-0.05, 0) is 25.7 Å². The van der Waals surface area contributed by atoms with Crippen molar-refractivity contribution in [3.8, 4) is 0 Å². The summed E-state index contributed by atoms with van der Waals surface area (Å²) >= 11 is 0. The Labute approximate surface area is 488 Å². The fraction of sp³-hybridized carbons (Fsp3) is 0.308. The van der Waals surface area contributed by atoms with Gasteiger partial charge in [-0.3, -0.25) is 0 Å². The second-order valence-electron chi connectivity index (χ2n) is 17.0. The van der Waals surface area contributed by atoms with Gasteiger partial charge < -0.3 is 90.4 Å². The first-order chi connectivity index (χ1) is 40.9. The second kappa shape index (κ2) is 32.8. The topological polar surface area (TPSA) is 627 Å². The van der Waals surface area contributed by atoms with Gasteiger partial charge in [0.1, 0.15) is 0 Å². The van der Waals surface area contributed by atoms with Crippen molar-refractivity contribution in [2.24, 2.45) is 0 Å². The molecule has 0 spiro atoms. The number of carboxylic acids is 14. The summed E-state index contributed by atoms with van der Waals surface area (Å²) in [6.07, 6.45) is 3.42. The quantitative estimate of drug-likeness (QED) is 0.0245. The normalized spacial score (nSPS) is 10.2. The van der Waals surface area contributed by atoms with Crippen LogP contribution in [0.15, 0.2) is 0 Å². The minimum atomic E-state index is -2.20. The average Bonchev–Trinajstić information content (AvgIpc) is 2.05. The summed E-state index contributed by atoms with van der Waals surface area (Å²) in [5.74, 6) is -36.4. The molecule has 0 radical (unpaired) electrons. The molecule has 0 aliphatic heterocycles. The number of aromatic carboxylic acids is 14. The largest absolute Gasteiger partial charge is 0.478 e. The first kappa shape index (κ1) is 74.1. The number of ether oxygens (including phenoxy) is 4. The minimum Gasteiger partial charge on any atom is -0.478 e. The molecule has 3 aromatic carbocycles. The molecule has 36 nitrogen and oxygen atoms in total. The molecule has 0 aromatic heterocycles. The number of hydrogen-bond donors (Lipinski definition) is 14. The van der Waals surface area contributed by atoms with Crippen LogP contribution in [0.25, 0.3) is 0 Å². The van der Waals surface area contributed by atoms with Gasteiger partial charge in [-0.15, -0.1) is 0 Å². The summed E-state index contributed by atoms with van der Waals surface area (Å²) in [4.78, 5) is 213. The van der Waals surface area contributed by atoms with Crippen LogP contribution in [0.5, 0.6) is 0 Å². The van der Waals surface area contributed by atoms with E-state index in [-0.39, 0.29) is 26.4 Å². The second-order valence-corrected chi connectivity index (χ2v) is 17.0. The van der Waals surface area contributed by atoms with Gasteiger partial charge in [0.05, 0.1) is 127 Å². The Bertz CT molecular complexity index is 3130. The van der Waals surface area contributed by atoms with Crippen molar-refractivity contribution >= 4 is 107 Å². The molecule has 0 bridgehead atoms. The molecule has 0 saturated heterocycles. The lowest BCUT2D eigenvalue weighted by molar-refractivity contribution is 0.0440. The van der Waals surface area contributed by atoms with Gasteiger partial charge in [0.2, 0.25) is 0 Å². The molecule has 0 atom stereocenters. The molecule has 36 heteroatoms. The molecule has 0 aliphatic rings. The van der Waals surface area contributed by atoms with Gasteiger partial charge in [0, 0.05) is 0 Å². The SMILES string of the molecule is CCCCOC(=O)c1c(C(=O)O)c(C(=O)O)c(C(=O)O)c(C(=O)O)c1C(=O)O.CCCCOC(=O)c1c(C(=O)O)c(C(=O)O)c(C(=O)O)c(C(=O)O)c1C(=O)O.CCCCOC(=O)c1c(C(=O)O)c(C(=O)O)c(C(=O)O)c(C(=O)O)c1C(=O)OCCCC. The fourth-order valence-corrected chi connectivity index (χ4v) is 7.59. The van der Waals surface area contributed by atoms with Crippen LogP contribution in [0.4, 0.5) is 0 Å². The van der Waals surface area contributed by atoms with Gasteiger partial charge in [0.15, 0.2) is 0 Å². The van der Waals surface area contributed by atoms with Crippen molar-refractivity contribution < 1.29 is 177 Å². The van der Waals surface area contributed by atoms with Gasteiger partial charge >= 0.3 is 107 Å². The van der Waals surface area contributed by atoms with Crippen molar-refractivity contribution in [1.29, 1.82) is 0 Å². The number of benzene rings is 3. The Hall–Kier alpha value is -11.9. The van der Waals surface area contributed by atoms with E-state index in [1.807, 2.05) is 0 Å². The molecular weight excluding hydrogens is 1200 g/mol. The van der Waals surface area contributed by atoms with E-state index in [4.69, 9.17) is 18.9 Å². The lowest BCUT2D eigenvalue weighted by Crippen LogP contribution is -2.29. The van der Waals surface area contributed by atoms with Crippen LogP contribution in [-0.4, -0.2) is 205 Å². The summed E-state index contributed by atoms with van der Waals surface area (Å²) in [5, 5.41) is 131. The summed E-state index contributed by atoms with van der Waals surface area (Å²) in [6.45, 7) is 5.85. The van der Waals surface area contributed by atoms with Crippen LogP contribution >= 0.6 is 0 Å². The van der Waals surface area contributed by atoms with Crippen LogP contribution in [0.1, 0.15) is 266 Å². The Balaban J connectivity index is 0.000000662. The Morgan fingerprint density at radius 2 is 0.284 bits per heavy atom. The third kappa shape index (κ3) is 17.1. The number of unbranched alkanes of at least 4 members (excludes halogenated alkanes) is 4. The number of carbonyl (C=O) groups is 18. The smallest absolute Gasteiger partial charge is 0.339 e. The van der Waals surface area contributed by atoms with E-state index in [9.17, 15) is 158 Å². The van der Waals surface area contributed by atoms with E-state index in [1.165, 1.54) is 0 Å². The van der Waals surface area contributed by atoms with Crippen molar-refractivity contribution in [2.75, 3.05) is 26.4 Å². The highest BCUT2D eigenvalue weighted by molar-refractivity contribution is 6.26. The lowest BCUT2D eigenvalue weighted by atomic mass is 9.86. The van der Waals surface area contributed by atoms with Gasteiger partial charge in [0.25, 0.3) is 0 Å². The molecule has 0 amide bonds. The molecular formula is C52H50O36. The van der Waals surface area contributed by atoms with Crippen LogP contribution in [0, 0.1) is 0 Å². The number of carboxylic acid groups (broad SMARTS) is 14. The molecule has 0 heterocycles. The van der Waals surface area contributed by atoms with Crippen LogP contribution < -0.4 is 0 Å². The number of hydrogen-bond acceptors (Lipinski definition) is 22. The van der Waals surface area contributed by atoms with Gasteiger partial charge in [-0.1, -0.05) is 53.4 Å². The zero-order valence-electron chi connectivity index (χ0n) is 45.7. The number of rotatable bonds is 30. The highest BCUT2D eigenvalue weighted by Gasteiger charge is 2.44. The summed E-state index contributed by atoms with van der Waals surface area (Å²) < 4.78 is 19.2. The zero-order chi connectivity index (χ0) is 68.1. The molecule has 3 rings (SSSR count). The molecule has 0 unspecified atom stereocenters. The maximum absolute atomic E-state index is 12.7. The van der Waals surface area contributed by atoms with Crippen molar-refractivity contribution in [2.45, 2.75) is 79.1 Å². The highest BCUT2D eigenvalue weighted by atomic mass is 16.6. The standard InChI is InChI=1S/C20H22O12.2C16H14O12/c1-3-5-7-31-19(29)13-11(17(25)26)9(15(21)22)10(16(23)24)12(18(27)28)14(13)20(30)32-8-6-4-2;2*1-2-3-4-28-16(27)10-8(14(23)24)6(12(19)20)5(11(17)18)7(13(21)22)9(10)15(25)26/h3-8H2,1-2H3,(H,21,22)(H,23,24)(H,25,26)(H,27,28);2*2-4H2,1H3,(H,17,18)(H,19,20)(H,21,22)(H,23,24)(H,25,26). The Kier molecular flexibility index (Phi) is 27.7. The Morgan fingerprint density at radius 1 is 0.193 bits per heavy atom. The van der Waals surface area contributed by atoms with Crippen LogP contribution in [-0.2, 0) is 18.9 Å². The van der Waals surface area contributed by atoms with E-state index in [0.717, 1.165) is 0 Å². The summed E-state index contributed by atoms with van der Waals surface area (Å²) in [7, 11) is 0. The molecule has 3 aromatic rings. The van der Waals surface area contributed by atoms with Gasteiger partial charge in [-0.2, -0.15) is 0 Å². The van der Waals surface area contributed by atoms with Crippen molar-refractivity contribution in [3.63, 3.8) is 0 Å². The molecule has 474 valence electrons. The number of esters is 4. The third-order valence-electron chi connectivity index (χ3n) is 11.2. The molecule has 0 saturated carbocycles. The summed E-state index contributed by atoms with van der Waals surface area (Å²) in [5.41, 5.74) is -26.2. The van der Waals surface area contributed by atoms with Crippen molar-refractivity contribution in [3.05, 3.63) is 100 Å². The number of carbonyl (C=O) groups excluding carboxylic acids is 4. The van der Waals surface area contributed by atoms with E-state index >= 15 is 0 Å². The average molecular weight is 1250 g/mol. The van der Waals surface area contributed by atoms with E-state index < -0.39 is 208 Å². The van der Waals surface area contributed by atoms with E-state index in [0.29, 0.717) is 51.4 Å². The fourth-order valence-electron chi connectivity index (χ4n) is 7.59. The summed E-state index contributed by atoms with van der Waals surface area (Å²) in [6, 6.07) is 0. The Morgan fingerprint density at radius 3 is 0.375 bits per heavy atom. The lowest BCUT2D eigenvalue weighted by Gasteiger charge is -2.19. The predicted molar refractivity (Wildman–Crippen MR) is 278 cm³/mol. The van der Waals surface area contributed by atoms with Gasteiger partial charge in [-0.25, -0.2) is 86.3 Å².